The van der Waals surface area contributed by atoms with Crippen molar-refractivity contribution in [3.63, 3.8) is 0 Å². The fraction of sp³-hybridized carbons (Fsp3) is 0.150. The van der Waals surface area contributed by atoms with Crippen LogP contribution in [-0.4, -0.2) is 15.1 Å². The summed E-state index contributed by atoms with van der Waals surface area (Å²) in [6, 6.07) is 14.1. The Morgan fingerprint density at radius 1 is 1.07 bits per heavy atom. The quantitative estimate of drug-likeness (QED) is 0.506. The zero-order chi connectivity index (χ0) is 18.6. The van der Waals surface area contributed by atoms with E-state index in [1.807, 2.05) is 23.6 Å². The molecule has 2 N–H and O–H groups in total. The molecule has 3 aromatic heterocycles. The molecule has 0 unspecified atom stereocenters. The molecule has 0 aliphatic carbocycles. The van der Waals surface area contributed by atoms with Crippen LogP contribution in [0.1, 0.15) is 21.8 Å². The summed E-state index contributed by atoms with van der Waals surface area (Å²) >= 11 is 7.46. The van der Waals surface area contributed by atoms with Gasteiger partial charge in [0, 0.05) is 30.5 Å². The molecular formula is C20H17ClN4OS. The highest BCUT2D eigenvalue weighted by atomic mass is 35.5. The molecule has 0 aliphatic rings. The van der Waals surface area contributed by atoms with Crippen LogP contribution in [0.5, 0.6) is 0 Å². The topological polar surface area (TPSA) is 77.8 Å². The smallest absolute Gasteiger partial charge is 0.170 e. The molecule has 136 valence electrons. The number of nitrogen functional groups attached to an aromatic ring is 1. The number of halogens is 1. The highest BCUT2D eigenvalue weighted by Crippen LogP contribution is 2.25. The van der Waals surface area contributed by atoms with Crippen molar-refractivity contribution < 1.29 is 4.52 Å². The number of nitrogens with two attached hydrogens (primary N) is 1. The van der Waals surface area contributed by atoms with Crippen LogP contribution in [0.15, 0.2) is 58.6 Å². The molecular weight excluding hydrogens is 380 g/mol. The van der Waals surface area contributed by atoms with Crippen molar-refractivity contribution in [1.82, 2.24) is 15.1 Å². The summed E-state index contributed by atoms with van der Waals surface area (Å²) in [7, 11) is 0. The number of pyridine rings is 1. The number of benzene rings is 1. The van der Waals surface area contributed by atoms with Gasteiger partial charge >= 0.3 is 0 Å². The van der Waals surface area contributed by atoms with Crippen LogP contribution in [0, 0.1) is 0 Å². The van der Waals surface area contributed by atoms with Crippen molar-refractivity contribution >= 4 is 28.8 Å². The molecule has 0 atom stereocenters. The third-order valence-electron chi connectivity index (χ3n) is 4.22. The summed E-state index contributed by atoms with van der Waals surface area (Å²) in [6.45, 7) is 0. The monoisotopic (exact) mass is 396 g/mol. The van der Waals surface area contributed by atoms with Gasteiger partial charge in [-0.25, -0.2) is 9.97 Å². The van der Waals surface area contributed by atoms with Gasteiger partial charge in [-0.15, -0.1) is 11.3 Å². The second-order valence-corrected chi connectivity index (χ2v) is 7.51. The van der Waals surface area contributed by atoms with Crippen molar-refractivity contribution in [2.45, 2.75) is 19.3 Å². The summed E-state index contributed by atoms with van der Waals surface area (Å²) in [5.74, 6) is 1.07. The number of aryl methyl sites for hydroxylation is 2. The van der Waals surface area contributed by atoms with E-state index in [0.29, 0.717) is 23.2 Å². The molecule has 0 bridgehead atoms. The molecule has 0 spiro atoms. The molecule has 3 heterocycles. The normalized spacial score (nSPS) is 11.0. The molecule has 4 rings (SSSR count). The Labute approximate surface area is 165 Å². The zero-order valence-electron chi connectivity index (χ0n) is 14.4. The first kappa shape index (κ1) is 17.7. The van der Waals surface area contributed by atoms with Gasteiger partial charge in [-0.1, -0.05) is 41.0 Å². The number of nitrogens with zero attached hydrogens (tertiary/aromatic N) is 3. The van der Waals surface area contributed by atoms with Crippen LogP contribution in [0.4, 0.5) is 5.82 Å². The summed E-state index contributed by atoms with van der Waals surface area (Å²) in [6.07, 6.45) is 4.20. The number of rotatable bonds is 6. The Morgan fingerprint density at radius 2 is 1.89 bits per heavy atom. The lowest BCUT2D eigenvalue weighted by molar-refractivity contribution is 0.425. The summed E-state index contributed by atoms with van der Waals surface area (Å²) in [5, 5.41) is 7.66. The van der Waals surface area contributed by atoms with Crippen molar-refractivity contribution in [3.05, 3.63) is 81.0 Å². The third kappa shape index (κ3) is 4.35. The molecule has 0 aliphatic heterocycles. The maximum Gasteiger partial charge on any atom is 0.170 e. The van der Waals surface area contributed by atoms with Crippen molar-refractivity contribution in [1.29, 1.82) is 0 Å². The van der Waals surface area contributed by atoms with E-state index in [1.165, 1.54) is 11.1 Å². The van der Waals surface area contributed by atoms with Crippen LogP contribution >= 0.6 is 22.9 Å². The first-order chi connectivity index (χ1) is 13.2. The van der Waals surface area contributed by atoms with Gasteiger partial charge in [0.25, 0.3) is 0 Å². The number of thiazole rings is 1. The predicted molar refractivity (Wildman–Crippen MR) is 108 cm³/mol. The second kappa shape index (κ2) is 7.90. The maximum atomic E-state index is 5.89. The van der Waals surface area contributed by atoms with Crippen LogP contribution < -0.4 is 5.73 Å². The van der Waals surface area contributed by atoms with E-state index in [2.05, 4.69) is 39.4 Å². The van der Waals surface area contributed by atoms with Gasteiger partial charge < -0.3 is 10.3 Å². The van der Waals surface area contributed by atoms with Crippen molar-refractivity contribution in [2.24, 2.45) is 0 Å². The van der Waals surface area contributed by atoms with E-state index < -0.39 is 0 Å². The Morgan fingerprint density at radius 3 is 2.63 bits per heavy atom. The van der Waals surface area contributed by atoms with Gasteiger partial charge in [0.15, 0.2) is 5.76 Å². The molecule has 4 aromatic rings. The average Bonchev–Trinajstić information content (AvgIpc) is 3.30. The number of anilines is 1. The standard InChI is InChI=1S/C20H17ClN4OS/c21-18-12-27-19(24-18)8-7-13-3-5-14(6-4-13)10-15-11-17(26-25-15)16-2-1-9-23-20(16)22/h1-6,9,11-12H,7-8,10H2,(H2,22,23). The summed E-state index contributed by atoms with van der Waals surface area (Å²) in [4.78, 5) is 8.36. The van der Waals surface area contributed by atoms with E-state index in [1.54, 1.807) is 17.5 Å². The van der Waals surface area contributed by atoms with Crippen molar-refractivity contribution in [3.8, 4) is 11.3 Å². The molecule has 0 radical (unpaired) electrons. The number of hydrogen-bond acceptors (Lipinski definition) is 6. The van der Waals surface area contributed by atoms with Crippen LogP contribution in [0.2, 0.25) is 5.15 Å². The Hall–Kier alpha value is -2.70. The van der Waals surface area contributed by atoms with Gasteiger partial charge in [0.05, 0.1) is 16.3 Å². The Balaban J connectivity index is 1.39. The lowest BCUT2D eigenvalue weighted by Crippen LogP contribution is -1.93. The maximum absolute atomic E-state index is 5.89. The zero-order valence-corrected chi connectivity index (χ0v) is 16.0. The minimum absolute atomic E-state index is 0.436. The molecule has 27 heavy (non-hydrogen) atoms. The predicted octanol–water partition coefficient (Wildman–Crippen LogP) is 4.80. The van der Waals surface area contributed by atoms with E-state index in [4.69, 9.17) is 21.9 Å². The lowest BCUT2D eigenvalue weighted by atomic mass is 10.0. The average molecular weight is 397 g/mol. The highest BCUT2D eigenvalue weighted by Gasteiger charge is 2.10. The van der Waals surface area contributed by atoms with Gasteiger partial charge in [-0.05, 0) is 29.7 Å². The molecule has 7 heteroatoms. The van der Waals surface area contributed by atoms with Gasteiger partial charge in [-0.2, -0.15) is 0 Å². The van der Waals surface area contributed by atoms with E-state index in [9.17, 15) is 0 Å². The fourth-order valence-electron chi connectivity index (χ4n) is 2.84. The first-order valence-electron chi connectivity index (χ1n) is 8.51. The largest absolute Gasteiger partial charge is 0.383 e. The molecule has 0 fully saturated rings. The van der Waals surface area contributed by atoms with Crippen LogP contribution in [-0.2, 0) is 19.3 Å². The highest BCUT2D eigenvalue weighted by molar-refractivity contribution is 7.10. The van der Waals surface area contributed by atoms with Crippen LogP contribution in [0.3, 0.4) is 0 Å². The molecule has 0 amide bonds. The Kier molecular flexibility index (Phi) is 5.18. The summed E-state index contributed by atoms with van der Waals surface area (Å²) in [5.41, 5.74) is 9.96. The van der Waals surface area contributed by atoms with E-state index in [-0.39, 0.29) is 0 Å². The van der Waals surface area contributed by atoms with Gasteiger partial charge in [0.2, 0.25) is 0 Å². The van der Waals surface area contributed by atoms with Gasteiger partial charge in [0.1, 0.15) is 11.0 Å². The Bertz CT molecular complexity index is 1040. The SMILES string of the molecule is Nc1ncccc1-c1cc(Cc2ccc(CCc3nc(Cl)cs3)cc2)no1. The molecule has 1 aromatic carbocycles. The lowest BCUT2D eigenvalue weighted by Gasteiger charge is -2.02. The number of aromatic nitrogens is 3. The summed E-state index contributed by atoms with van der Waals surface area (Å²) < 4.78 is 5.43. The number of hydrogen-bond donors (Lipinski definition) is 1. The minimum Gasteiger partial charge on any atom is -0.383 e. The molecule has 0 saturated carbocycles. The van der Waals surface area contributed by atoms with E-state index in [0.717, 1.165) is 29.1 Å². The van der Waals surface area contributed by atoms with Gasteiger partial charge in [-0.3, -0.25) is 0 Å². The second-order valence-electron chi connectivity index (χ2n) is 6.18. The molecule has 5 nitrogen and oxygen atoms in total. The van der Waals surface area contributed by atoms with Crippen molar-refractivity contribution in [2.75, 3.05) is 5.73 Å². The van der Waals surface area contributed by atoms with Crippen LogP contribution in [0.25, 0.3) is 11.3 Å². The third-order valence-corrected chi connectivity index (χ3v) is 5.45. The molecule has 0 saturated heterocycles. The fourth-order valence-corrected chi connectivity index (χ4v) is 3.78. The first-order valence-corrected chi connectivity index (χ1v) is 9.77. The minimum atomic E-state index is 0.436. The van der Waals surface area contributed by atoms with E-state index >= 15 is 0 Å².